The van der Waals surface area contributed by atoms with Gasteiger partial charge in [0.15, 0.2) is 0 Å². The molecule has 0 aliphatic carbocycles. The lowest BCUT2D eigenvalue weighted by Gasteiger charge is -2.01. The molecule has 0 heterocycles. The lowest BCUT2D eigenvalue weighted by atomic mass is 10.1. The van der Waals surface area contributed by atoms with Gasteiger partial charge in [0.1, 0.15) is 0 Å². The van der Waals surface area contributed by atoms with Crippen LogP contribution in [0.5, 0.6) is 0 Å². The van der Waals surface area contributed by atoms with E-state index in [0.717, 1.165) is 0 Å². The van der Waals surface area contributed by atoms with Gasteiger partial charge in [-0.25, -0.2) is 4.79 Å². The Kier molecular flexibility index (Phi) is 3.48. The van der Waals surface area contributed by atoms with Crippen molar-refractivity contribution in [3.8, 4) is 0 Å². The molecule has 1 N–H and O–H groups in total. The van der Waals surface area contributed by atoms with Crippen LogP contribution in [0.15, 0.2) is 24.3 Å². The van der Waals surface area contributed by atoms with Crippen LogP contribution >= 0.6 is 11.8 Å². The molecule has 0 fully saturated rings. The lowest BCUT2D eigenvalue weighted by molar-refractivity contribution is 0.0600. The number of nitrogens with one attached hydrogen (secondary N) is 1. The van der Waals surface area contributed by atoms with Crippen LogP contribution in [0.1, 0.15) is 20.7 Å². The second kappa shape index (κ2) is 4.62. The van der Waals surface area contributed by atoms with Crippen molar-refractivity contribution in [1.82, 2.24) is 4.84 Å². The van der Waals surface area contributed by atoms with Crippen molar-refractivity contribution in [1.29, 1.82) is 0 Å². The van der Waals surface area contributed by atoms with Gasteiger partial charge in [0.05, 0.1) is 12.7 Å². The zero-order valence-corrected chi connectivity index (χ0v) is 8.17. The third-order valence-corrected chi connectivity index (χ3v) is 1.80. The molecule has 74 valence electrons. The molecule has 1 rings (SSSR count). The first-order chi connectivity index (χ1) is 6.69. The lowest BCUT2D eigenvalue weighted by Crippen LogP contribution is -2.13. The summed E-state index contributed by atoms with van der Waals surface area (Å²) in [6.45, 7) is 0. The first-order valence-electron chi connectivity index (χ1n) is 3.78. The third kappa shape index (κ3) is 2.23. The van der Waals surface area contributed by atoms with E-state index in [-0.39, 0.29) is 0 Å². The van der Waals surface area contributed by atoms with Crippen molar-refractivity contribution >= 4 is 23.7 Å². The Labute approximate surface area is 85.9 Å². The van der Waals surface area contributed by atoms with E-state index in [4.69, 9.17) is 11.8 Å². The third-order valence-electron chi connectivity index (χ3n) is 1.63. The minimum atomic E-state index is -0.491. The largest absolute Gasteiger partial charge is 0.465 e. The number of hydrogen-bond acceptors (Lipinski definition) is 3. The molecule has 0 atom stereocenters. The molecule has 4 nitrogen and oxygen atoms in total. The summed E-state index contributed by atoms with van der Waals surface area (Å²) >= 11 is 5.14. The highest BCUT2D eigenvalue weighted by Crippen LogP contribution is 2.06. The first kappa shape index (κ1) is 10.5. The Balaban J connectivity index is 3.01. The fourth-order valence-electron chi connectivity index (χ4n) is 0.960. The van der Waals surface area contributed by atoms with Gasteiger partial charge >= 0.3 is 5.97 Å². The average molecular weight is 214 g/mol. The maximum absolute atomic E-state index is 11.1. The van der Waals surface area contributed by atoms with E-state index in [1.54, 1.807) is 18.2 Å². The summed E-state index contributed by atoms with van der Waals surface area (Å²) in [6, 6.07) is 6.08. The van der Waals surface area contributed by atoms with Crippen LogP contribution in [-0.2, 0) is 4.74 Å². The molecule has 0 aliphatic rings. The fourth-order valence-corrected chi connectivity index (χ4v) is 1.07. The molecule has 0 aliphatic heterocycles. The number of halogens is 1. The van der Waals surface area contributed by atoms with E-state index >= 15 is 0 Å². The second-order valence-electron chi connectivity index (χ2n) is 2.50. The minimum absolute atomic E-state index is 0.308. The summed E-state index contributed by atoms with van der Waals surface area (Å²) in [5.41, 5.74) is 0.619. The summed E-state index contributed by atoms with van der Waals surface area (Å²) in [5, 5.41) is 0. The molecule has 0 aromatic heterocycles. The van der Waals surface area contributed by atoms with Crippen LogP contribution < -0.4 is 4.84 Å². The highest BCUT2D eigenvalue weighted by Gasteiger charge is 2.09. The number of rotatable bonds is 2. The Morgan fingerprint density at radius 1 is 1.36 bits per heavy atom. The van der Waals surface area contributed by atoms with Gasteiger partial charge in [-0.05, 0) is 18.2 Å². The van der Waals surface area contributed by atoms with Crippen molar-refractivity contribution < 1.29 is 14.3 Å². The SMILES string of the molecule is COC(=O)c1cccc(C(=O)NCl)c1. The highest BCUT2D eigenvalue weighted by atomic mass is 35.5. The molecule has 0 unspecified atom stereocenters. The molecule has 0 saturated heterocycles. The maximum atomic E-state index is 11.1. The highest BCUT2D eigenvalue weighted by molar-refractivity contribution is 6.24. The standard InChI is InChI=1S/C9H8ClNO3/c1-14-9(13)7-4-2-3-6(5-7)8(12)11-10/h2-5H,1H3,(H,11,12). The van der Waals surface area contributed by atoms with Crippen molar-refractivity contribution in [2.45, 2.75) is 0 Å². The number of amides is 1. The average Bonchev–Trinajstić information content (AvgIpc) is 2.27. The molecule has 1 aromatic rings. The number of ether oxygens (including phenoxy) is 1. The van der Waals surface area contributed by atoms with Gasteiger partial charge in [0.25, 0.3) is 5.91 Å². The Morgan fingerprint density at radius 2 is 2.00 bits per heavy atom. The van der Waals surface area contributed by atoms with E-state index < -0.39 is 11.9 Å². The van der Waals surface area contributed by atoms with Crippen LogP contribution in [0.3, 0.4) is 0 Å². The molecule has 0 bridgehead atoms. The normalized spacial score (nSPS) is 9.29. The molecular formula is C9H8ClNO3. The van der Waals surface area contributed by atoms with Crippen LogP contribution in [0.4, 0.5) is 0 Å². The van der Waals surface area contributed by atoms with Crippen molar-refractivity contribution in [3.63, 3.8) is 0 Å². The molecule has 0 spiro atoms. The number of methoxy groups -OCH3 is 1. The number of hydrogen-bond donors (Lipinski definition) is 1. The summed E-state index contributed by atoms with van der Waals surface area (Å²) in [6.07, 6.45) is 0. The van der Waals surface area contributed by atoms with Crippen LogP contribution in [0, 0.1) is 0 Å². The van der Waals surface area contributed by atoms with Crippen molar-refractivity contribution in [3.05, 3.63) is 35.4 Å². The Morgan fingerprint density at radius 3 is 2.57 bits per heavy atom. The monoisotopic (exact) mass is 213 g/mol. The van der Waals surface area contributed by atoms with Gasteiger partial charge in [-0.1, -0.05) is 6.07 Å². The number of esters is 1. The smallest absolute Gasteiger partial charge is 0.337 e. The Hall–Kier alpha value is -1.55. The summed E-state index contributed by atoms with van der Waals surface area (Å²) in [5.74, 6) is -0.952. The number of benzene rings is 1. The zero-order chi connectivity index (χ0) is 10.6. The second-order valence-corrected chi connectivity index (χ2v) is 2.68. The van der Waals surface area contributed by atoms with Crippen LogP contribution in [0.25, 0.3) is 0 Å². The van der Waals surface area contributed by atoms with Gasteiger partial charge in [-0.3, -0.25) is 9.63 Å². The quantitative estimate of drug-likeness (QED) is 0.596. The first-order valence-corrected chi connectivity index (χ1v) is 4.16. The van der Waals surface area contributed by atoms with Gasteiger partial charge < -0.3 is 4.74 Å². The molecule has 1 aromatic carbocycles. The van der Waals surface area contributed by atoms with Crippen molar-refractivity contribution in [2.75, 3.05) is 7.11 Å². The van der Waals surface area contributed by atoms with Gasteiger partial charge in [-0.15, -0.1) is 0 Å². The van der Waals surface area contributed by atoms with Crippen molar-refractivity contribution in [2.24, 2.45) is 0 Å². The topological polar surface area (TPSA) is 55.4 Å². The van der Waals surface area contributed by atoms with E-state index in [1.165, 1.54) is 13.2 Å². The fraction of sp³-hybridized carbons (Fsp3) is 0.111. The molecular weight excluding hydrogens is 206 g/mol. The van der Waals surface area contributed by atoms with E-state index in [0.29, 0.717) is 11.1 Å². The predicted octanol–water partition coefficient (Wildman–Crippen LogP) is 1.36. The van der Waals surface area contributed by atoms with Gasteiger partial charge in [-0.2, -0.15) is 0 Å². The number of carbonyl (C=O) groups is 2. The molecule has 5 heteroatoms. The van der Waals surface area contributed by atoms with Gasteiger partial charge in [0, 0.05) is 17.3 Å². The zero-order valence-electron chi connectivity index (χ0n) is 7.41. The minimum Gasteiger partial charge on any atom is -0.465 e. The maximum Gasteiger partial charge on any atom is 0.337 e. The summed E-state index contributed by atoms with van der Waals surface area (Å²) in [4.78, 5) is 24.1. The molecule has 0 radical (unpaired) electrons. The predicted molar refractivity (Wildman–Crippen MR) is 51.1 cm³/mol. The summed E-state index contributed by atoms with van der Waals surface area (Å²) in [7, 11) is 1.27. The number of carbonyl (C=O) groups excluding carboxylic acids is 2. The van der Waals surface area contributed by atoms with E-state index in [9.17, 15) is 9.59 Å². The molecule has 14 heavy (non-hydrogen) atoms. The molecule has 0 saturated carbocycles. The van der Waals surface area contributed by atoms with Gasteiger partial charge in [0.2, 0.25) is 0 Å². The van der Waals surface area contributed by atoms with Crippen LogP contribution in [0.2, 0.25) is 0 Å². The van der Waals surface area contributed by atoms with E-state index in [1.807, 2.05) is 4.84 Å². The van der Waals surface area contributed by atoms with Crippen LogP contribution in [-0.4, -0.2) is 19.0 Å². The molecule has 1 amide bonds. The van der Waals surface area contributed by atoms with E-state index in [2.05, 4.69) is 4.74 Å². The summed E-state index contributed by atoms with van der Waals surface area (Å²) < 4.78 is 4.50. The Bertz CT molecular complexity index is 334.